The lowest BCUT2D eigenvalue weighted by Crippen LogP contribution is -2.46. The number of likely N-dealkylation sites (tertiary alicyclic amines) is 1. The molecule has 2 saturated heterocycles. The van der Waals surface area contributed by atoms with Gasteiger partial charge in [0.2, 0.25) is 5.91 Å². The van der Waals surface area contributed by atoms with Crippen molar-refractivity contribution < 1.29 is 9.59 Å². The smallest absolute Gasteiger partial charge is 0.253 e. The van der Waals surface area contributed by atoms with Crippen LogP contribution in [0.25, 0.3) is 0 Å². The van der Waals surface area contributed by atoms with Crippen LogP contribution in [0.2, 0.25) is 0 Å². The molecule has 0 spiro atoms. The minimum absolute atomic E-state index is 0.0568. The normalized spacial score (nSPS) is 21.3. The first-order chi connectivity index (χ1) is 11.7. The standard InChI is InChI=1S/C19H27N3O2/c23-18(17-6-2-3-11-20-17)21-14-15-7-9-16(10-8-15)19(24)22-12-4-1-5-13-22/h7-10,17,20H,1-6,11-14H2,(H,21,23). The Morgan fingerprint density at radius 3 is 2.46 bits per heavy atom. The second-order valence-corrected chi connectivity index (χ2v) is 6.77. The Kier molecular flexibility index (Phi) is 5.86. The van der Waals surface area contributed by atoms with Gasteiger partial charge >= 0.3 is 0 Å². The maximum Gasteiger partial charge on any atom is 0.253 e. The molecule has 0 bridgehead atoms. The SMILES string of the molecule is O=C(NCc1ccc(C(=O)N2CCCCC2)cc1)C1CCCCN1. The highest BCUT2D eigenvalue weighted by Crippen LogP contribution is 2.14. The van der Waals surface area contributed by atoms with E-state index in [2.05, 4.69) is 10.6 Å². The molecule has 0 aliphatic carbocycles. The van der Waals surface area contributed by atoms with Gasteiger partial charge in [0.25, 0.3) is 5.91 Å². The third-order valence-corrected chi connectivity index (χ3v) is 4.94. The van der Waals surface area contributed by atoms with Gasteiger partial charge in [0.1, 0.15) is 0 Å². The summed E-state index contributed by atoms with van der Waals surface area (Å²) in [5.74, 6) is 0.194. The second-order valence-electron chi connectivity index (χ2n) is 6.77. The molecule has 2 aliphatic rings. The van der Waals surface area contributed by atoms with E-state index in [1.165, 1.54) is 6.42 Å². The van der Waals surface area contributed by atoms with Crippen LogP contribution in [0.5, 0.6) is 0 Å². The van der Waals surface area contributed by atoms with E-state index >= 15 is 0 Å². The Morgan fingerprint density at radius 1 is 1.04 bits per heavy atom. The molecule has 5 nitrogen and oxygen atoms in total. The number of nitrogens with zero attached hydrogens (tertiary/aromatic N) is 1. The van der Waals surface area contributed by atoms with Crippen LogP contribution in [0.1, 0.15) is 54.4 Å². The lowest BCUT2D eigenvalue weighted by Gasteiger charge is -2.26. The van der Waals surface area contributed by atoms with Gasteiger partial charge in [-0.1, -0.05) is 18.6 Å². The zero-order chi connectivity index (χ0) is 16.8. The molecular weight excluding hydrogens is 302 g/mol. The molecule has 1 aromatic carbocycles. The maximum absolute atomic E-state index is 12.4. The summed E-state index contributed by atoms with van der Waals surface area (Å²) in [5, 5.41) is 6.24. The van der Waals surface area contributed by atoms with E-state index in [-0.39, 0.29) is 17.9 Å². The summed E-state index contributed by atoms with van der Waals surface area (Å²) in [6.45, 7) is 3.16. The van der Waals surface area contributed by atoms with Crippen LogP contribution < -0.4 is 10.6 Å². The highest BCUT2D eigenvalue weighted by molar-refractivity contribution is 5.94. The van der Waals surface area contributed by atoms with Crippen molar-refractivity contribution in [3.05, 3.63) is 35.4 Å². The van der Waals surface area contributed by atoms with E-state index in [1.54, 1.807) is 0 Å². The summed E-state index contributed by atoms with van der Waals surface area (Å²) in [5.41, 5.74) is 1.76. The number of nitrogens with one attached hydrogen (secondary N) is 2. The van der Waals surface area contributed by atoms with Crippen LogP contribution in [-0.4, -0.2) is 42.4 Å². The summed E-state index contributed by atoms with van der Waals surface area (Å²) in [4.78, 5) is 26.5. The number of piperidine rings is 2. The Morgan fingerprint density at radius 2 is 1.79 bits per heavy atom. The molecule has 0 aromatic heterocycles. The first-order valence-electron chi connectivity index (χ1n) is 9.13. The fourth-order valence-corrected chi connectivity index (χ4v) is 3.43. The predicted molar refractivity (Wildman–Crippen MR) is 93.7 cm³/mol. The quantitative estimate of drug-likeness (QED) is 0.889. The molecule has 2 fully saturated rings. The van der Waals surface area contributed by atoms with Crippen molar-refractivity contribution >= 4 is 11.8 Å². The van der Waals surface area contributed by atoms with E-state index in [4.69, 9.17) is 0 Å². The third kappa shape index (κ3) is 4.35. The van der Waals surface area contributed by atoms with Gasteiger partial charge in [0.15, 0.2) is 0 Å². The number of rotatable bonds is 4. The number of hydrogen-bond donors (Lipinski definition) is 2. The van der Waals surface area contributed by atoms with E-state index in [0.29, 0.717) is 6.54 Å². The van der Waals surface area contributed by atoms with Crippen molar-refractivity contribution in [3.63, 3.8) is 0 Å². The number of hydrogen-bond acceptors (Lipinski definition) is 3. The van der Waals surface area contributed by atoms with E-state index in [9.17, 15) is 9.59 Å². The van der Waals surface area contributed by atoms with Gasteiger partial charge in [-0.05, 0) is 56.3 Å². The first kappa shape index (κ1) is 17.0. The van der Waals surface area contributed by atoms with Crippen LogP contribution in [0.3, 0.4) is 0 Å². The Balaban J connectivity index is 1.50. The maximum atomic E-state index is 12.4. The molecule has 5 heteroatoms. The lowest BCUT2D eigenvalue weighted by molar-refractivity contribution is -0.123. The summed E-state index contributed by atoms with van der Waals surface area (Å²) < 4.78 is 0. The van der Waals surface area contributed by atoms with Gasteiger partial charge in [-0.15, -0.1) is 0 Å². The first-order valence-corrected chi connectivity index (χ1v) is 9.13. The van der Waals surface area contributed by atoms with Gasteiger partial charge in [-0.25, -0.2) is 0 Å². The summed E-state index contributed by atoms with van der Waals surface area (Å²) in [6.07, 6.45) is 6.60. The fourth-order valence-electron chi connectivity index (χ4n) is 3.43. The highest BCUT2D eigenvalue weighted by Gasteiger charge is 2.20. The Hall–Kier alpha value is -1.88. The van der Waals surface area contributed by atoms with Crippen LogP contribution in [0.4, 0.5) is 0 Å². The molecule has 0 saturated carbocycles. The minimum Gasteiger partial charge on any atom is -0.351 e. The highest BCUT2D eigenvalue weighted by atomic mass is 16.2. The Bertz CT molecular complexity index is 558. The van der Waals surface area contributed by atoms with Gasteiger partial charge in [0.05, 0.1) is 6.04 Å². The topological polar surface area (TPSA) is 61.4 Å². The molecule has 2 N–H and O–H groups in total. The average molecular weight is 329 g/mol. The number of benzene rings is 1. The monoisotopic (exact) mass is 329 g/mol. The van der Waals surface area contributed by atoms with Crippen LogP contribution in [0, 0.1) is 0 Å². The van der Waals surface area contributed by atoms with Crippen LogP contribution in [0.15, 0.2) is 24.3 Å². The minimum atomic E-state index is -0.0568. The van der Waals surface area contributed by atoms with E-state index in [0.717, 1.165) is 62.9 Å². The molecule has 2 amide bonds. The van der Waals surface area contributed by atoms with Gasteiger partial charge in [-0.3, -0.25) is 9.59 Å². The molecular formula is C19H27N3O2. The molecule has 1 aromatic rings. The third-order valence-electron chi connectivity index (χ3n) is 4.94. The molecule has 24 heavy (non-hydrogen) atoms. The summed E-state index contributed by atoms with van der Waals surface area (Å²) >= 11 is 0. The van der Waals surface area contributed by atoms with Crippen molar-refractivity contribution in [2.75, 3.05) is 19.6 Å². The molecule has 2 aliphatic heterocycles. The fraction of sp³-hybridized carbons (Fsp3) is 0.579. The lowest BCUT2D eigenvalue weighted by atomic mass is 10.0. The van der Waals surface area contributed by atoms with Crippen LogP contribution in [-0.2, 0) is 11.3 Å². The zero-order valence-electron chi connectivity index (χ0n) is 14.2. The molecule has 2 heterocycles. The second kappa shape index (κ2) is 8.29. The zero-order valence-corrected chi connectivity index (χ0v) is 14.2. The van der Waals surface area contributed by atoms with Crippen molar-refractivity contribution in [2.24, 2.45) is 0 Å². The van der Waals surface area contributed by atoms with E-state index < -0.39 is 0 Å². The molecule has 130 valence electrons. The van der Waals surface area contributed by atoms with Gasteiger partial charge in [0, 0.05) is 25.2 Å². The summed E-state index contributed by atoms with van der Waals surface area (Å²) in [7, 11) is 0. The Labute approximate surface area is 143 Å². The molecule has 1 atom stereocenters. The predicted octanol–water partition coefficient (Wildman–Crippen LogP) is 2.07. The van der Waals surface area contributed by atoms with Crippen molar-refractivity contribution in [1.29, 1.82) is 0 Å². The molecule has 1 unspecified atom stereocenters. The number of carbonyl (C=O) groups is 2. The van der Waals surface area contributed by atoms with Crippen molar-refractivity contribution in [1.82, 2.24) is 15.5 Å². The van der Waals surface area contributed by atoms with E-state index in [1.807, 2.05) is 29.2 Å². The molecule has 0 radical (unpaired) electrons. The number of amides is 2. The van der Waals surface area contributed by atoms with Gasteiger partial charge in [-0.2, -0.15) is 0 Å². The average Bonchev–Trinajstić information content (AvgIpc) is 2.67. The molecule has 3 rings (SSSR count). The van der Waals surface area contributed by atoms with Crippen molar-refractivity contribution in [2.45, 2.75) is 51.1 Å². The van der Waals surface area contributed by atoms with Crippen LogP contribution >= 0.6 is 0 Å². The summed E-state index contributed by atoms with van der Waals surface area (Å²) in [6, 6.07) is 7.56. The van der Waals surface area contributed by atoms with Crippen molar-refractivity contribution in [3.8, 4) is 0 Å². The van der Waals surface area contributed by atoms with Gasteiger partial charge < -0.3 is 15.5 Å². The number of carbonyl (C=O) groups excluding carboxylic acids is 2. The largest absolute Gasteiger partial charge is 0.351 e.